The Balaban J connectivity index is 2.41. The zero-order chi connectivity index (χ0) is 13.1. The average molecular weight is 359 g/mol. The van der Waals surface area contributed by atoms with E-state index in [1.54, 1.807) is 18.2 Å². The molecule has 2 aromatic carbocycles. The lowest BCUT2D eigenvalue weighted by atomic mass is 9.99. The number of halogens is 3. The minimum atomic E-state index is -0.262. The van der Waals surface area contributed by atoms with Crippen LogP contribution in [0.2, 0.25) is 0 Å². The van der Waals surface area contributed by atoms with Crippen molar-refractivity contribution in [1.82, 2.24) is 5.32 Å². The monoisotopic (exact) mass is 359 g/mol. The van der Waals surface area contributed by atoms with Crippen LogP contribution in [0.25, 0.3) is 0 Å². The molecule has 1 unspecified atom stereocenters. The molecule has 1 N–H and O–H groups in total. The molecular formula is C14H12F2IN. The molecule has 0 spiro atoms. The summed E-state index contributed by atoms with van der Waals surface area (Å²) in [6.45, 7) is 0. The molecule has 2 rings (SSSR count). The second-order valence-electron chi connectivity index (χ2n) is 3.94. The van der Waals surface area contributed by atoms with Crippen molar-refractivity contribution < 1.29 is 8.78 Å². The van der Waals surface area contributed by atoms with Gasteiger partial charge < -0.3 is 5.32 Å². The van der Waals surface area contributed by atoms with E-state index in [2.05, 4.69) is 27.9 Å². The molecule has 18 heavy (non-hydrogen) atoms. The molecule has 0 aliphatic carbocycles. The fourth-order valence-electron chi connectivity index (χ4n) is 1.89. The summed E-state index contributed by atoms with van der Waals surface area (Å²) >= 11 is 2.10. The largest absolute Gasteiger partial charge is 0.309 e. The molecule has 0 fully saturated rings. The minimum absolute atomic E-state index is 0.0712. The molecule has 1 nitrogen and oxygen atoms in total. The third-order valence-corrected chi connectivity index (χ3v) is 3.70. The highest BCUT2D eigenvalue weighted by molar-refractivity contribution is 14.1. The Morgan fingerprint density at radius 2 is 1.61 bits per heavy atom. The van der Waals surface area contributed by atoms with Crippen molar-refractivity contribution >= 4 is 22.6 Å². The molecule has 0 amide bonds. The van der Waals surface area contributed by atoms with Gasteiger partial charge in [0.15, 0.2) is 0 Å². The first-order chi connectivity index (χ1) is 8.61. The number of nitrogens with one attached hydrogen (secondary N) is 1. The minimum Gasteiger partial charge on any atom is -0.309 e. The molecule has 0 aliphatic heterocycles. The summed E-state index contributed by atoms with van der Waals surface area (Å²) in [5.74, 6) is -0.514. The highest BCUT2D eigenvalue weighted by Crippen LogP contribution is 2.26. The topological polar surface area (TPSA) is 12.0 Å². The Labute approximate surface area is 118 Å². The first-order valence-corrected chi connectivity index (χ1v) is 6.57. The zero-order valence-electron chi connectivity index (χ0n) is 9.75. The second kappa shape index (κ2) is 5.75. The van der Waals surface area contributed by atoms with Crippen molar-refractivity contribution in [2.24, 2.45) is 0 Å². The third kappa shape index (κ3) is 2.87. The van der Waals surface area contributed by atoms with Crippen molar-refractivity contribution in [2.75, 3.05) is 7.05 Å². The van der Waals surface area contributed by atoms with Crippen molar-refractivity contribution in [3.05, 3.63) is 68.8 Å². The van der Waals surface area contributed by atoms with E-state index in [4.69, 9.17) is 0 Å². The summed E-state index contributed by atoms with van der Waals surface area (Å²) in [5, 5.41) is 3.16. The van der Waals surface area contributed by atoms with Crippen LogP contribution in [0.3, 0.4) is 0 Å². The van der Waals surface area contributed by atoms with Crippen molar-refractivity contribution in [2.45, 2.75) is 6.04 Å². The van der Waals surface area contributed by atoms with Gasteiger partial charge in [0, 0.05) is 3.57 Å². The maximum absolute atomic E-state index is 13.1. The van der Waals surface area contributed by atoms with Gasteiger partial charge in [0.05, 0.1) is 6.04 Å². The van der Waals surface area contributed by atoms with E-state index in [1.807, 2.05) is 7.05 Å². The lowest BCUT2D eigenvalue weighted by Crippen LogP contribution is -2.18. The van der Waals surface area contributed by atoms with Gasteiger partial charge in [0.25, 0.3) is 0 Å². The molecule has 0 bridgehead atoms. The summed E-state index contributed by atoms with van der Waals surface area (Å²) in [6, 6.07) is 10.9. The van der Waals surface area contributed by atoms with Gasteiger partial charge in [-0.15, -0.1) is 0 Å². The maximum Gasteiger partial charge on any atom is 0.124 e. The highest BCUT2D eigenvalue weighted by Gasteiger charge is 2.15. The van der Waals surface area contributed by atoms with E-state index in [9.17, 15) is 8.78 Å². The normalized spacial score (nSPS) is 12.4. The van der Waals surface area contributed by atoms with Crippen LogP contribution in [0.4, 0.5) is 8.78 Å². The van der Waals surface area contributed by atoms with Gasteiger partial charge in [-0.05, 0) is 65.0 Å². The SMILES string of the molecule is CNC(c1ccc(F)cc1)c1ccc(F)cc1I. The lowest BCUT2D eigenvalue weighted by Gasteiger charge is -2.18. The van der Waals surface area contributed by atoms with Crippen LogP contribution in [0, 0.1) is 15.2 Å². The van der Waals surface area contributed by atoms with Gasteiger partial charge >= 0.3 is 0 Å². The molecule has 2 aromatic rings. The van der Waals surface area contributed by atoms with Crippen LogP contribution < -0.4 is 5.32 Å². The Morgan fingerprint density at radius 1 is 1.00 bits per heavy atom. The number of rotatable bonds is 3. The fourth-order valence-corrected chi connectivity index (χ4v) is 2.68. The highest BCUT2D eigenvalue weighted by atomic mass is 127. The quantitative estimate of drug-likeness (QED) is 0.821. The predicted molar refractivity (Wildman–Crippen MR) is 76.4 cm³/mol. The summed E-state index contributed by atoms with van der Waals surface area (Å²) in [6.07, 6.45) is 0. The molecule has 0 heterocycles. The first kappa shape index (κ1) is 13.4. The Hall–Kier alpha value is -1.01. The van der Waals surface area contributed by atoms with Gasteiger partial charge in [-0.1, -0.05) is 18.2 Å². The van der Waals surface area contributed by atoms with E-state index in [1.165, 1.54) is 24.3 Å². The molecule has 0 radical (unpaired) electrons. The zero-order valence-corrected chi connectivity index (χ0v) is 11.9. The fraction of sp³-hybridized carbons (Fsp3) is 0.143. The van der Waals surface area contributed by atoms with Crippen molar-refractivity contribution in [1.29, 1.82) is 0 Å². The summed E-state index contributed by atoms with van der Waals surface area (Å²) < 4.78 is 26.9. The Bertz CT molecular complexity index is 540. The smallest absolute Gasteiger partial charge is 0.124 e. The van der Waals surface area contributed by atoms with Crippen LogP contribution in [0.15, 0.2) is 42.5 Å². The summed E-state index contributed by atoms with van der Waals surface area (Å²) in [4.78, 5) is 0. The van der Waals surface area contributed by atoms with E-state index < -0.39 is 0 Å². The molecule has 0 aliphatic rings. The summed E-state index contributed by atoms with van der Waals surface area (Å²) in [5.41, 5.74) is 1.93. The molecular weight excluding hydrogens is 347 g/mol. The second-order valence-corrected chi connectivity index (χ2v) is 5.10. The third-order valence-electron chi connectivity index (χ3n) is 2.77. The van der Waals surface area contributed by atoms with E-state index in [-0.39, 0.29) is 17.7 Å². The predicted octanol–water partition coefficient (Wildman–Crippen LogP) is 3.88. The van der Waals surface area contributed by atoms with Crippen LogP contribution in [-0.2, 0) is 0 Å². The van der Waals surface area contributed by atoms with Gasteiger partial charge in [0.1, 0.15) is 11.6 Å². The molecule has 1 atom stereocenters. The Morgan fingerprint density at radius 3 is 2.17 bits per heavy atom. The average Bonchev–Trinajstić information content (AvgIpc) is 2.35. The summed E-state index contributed by atoms with van der Waals surface area (Å²) in [7, 11) is 1.83. The van der Waals surface area contributed by atoms with Gasteiger partial charge in [-0.2, -0.15) is 0 Å². The van der Waals surface area contributed by atoms with Gasteiger partial charge in [0.2, 0.25) is 0 Å². The van der Waals surface area contributed by atoms with Crippen molar-refractivity contribution in [3.8, 4) is 0 Å². The van der Waals surface area contributed by atoms with Gasteiger partial charge in [-0.25, -0.2) is 8.78 Å². The van der Waals surface area contributed by atoms with Crippen LogP contribution in [0.1, 0.15) is 17.2 Å². The number of hydrogen-bond acceptors (Lipinski definition) is 1. The van der Waals surface area contributed by atoms with Crippen molar-refractivity contribution in [3.63, 3.8) is 0 Å². The number of benzene rings is 2. The molecule has 0 saturated heterocycles. The lowest BCUT2D eigenvalue weighted by molar-refractivity contribution is 0.618. The van der Waals surface area contributed by atoms with E-state index in [0.29, 0.717) is 0 Å². The molecule has 94 valence electrons. The van der Waals surface area contributed by atoms with E-state index in [0.717, 1.165) is 14.7 Å². The van der Waals surface area contributed by atoms with Crippen LogP contribution >= 0.6 is 22.6 Å². The molecule has 0 saturated carbocycles. The Kier molecular flexibility index (Phi) is 4.29. The molecule has 0 aromatic heterocycles. The number of hydrogen-bond donors (Lipinski definition) is 1. The van der Waals surface area contributed by atoms with Gasteiger partial charge in [-0.3, -0.25) is 0 Å². The first-order valence-electron chi connectivity index (χ1n) is 5.49. The maximum atomic E-state index is 13.1. The standard InChI is InChI=1S/C14H12F2IN/c1-18-14(9-2-4-10(15)5-3-9)12-7-6-11(16)8-13(12)17/h2-8,14,18H,1H3. The van der Waals surface area contributed by atoms with Crippen LogP contribution in [0.5, 0.6) is 0 Å². The van der Waals surface area contributed by atoms with Crippen LogP contribution in [-0.4, -0.2) is 7.05 Å². The van der Waals surface area contributed by atoms with E-state index >= 15 is 0 Å². The molecule has 4 heteroatoms.